The Hall–Kier alpha value is -1.89. The van der Waals surface area contributed by atoms with E-state index in [1.807, 2.05) is 0 Å². The zero-order chi connectivity index (χ0) is 36.0. The third kappa shape index (κ3) is 34.3. The number of hydrogen-bond donors (Lipinski definition) is 3. The summed E-state index contributed by atoms with van der Waals surface area (Å²) in [5.74, 6) is -1.23. The van der Waals surface area contributed by atoms with Crippen LogP contribution in [0.25, 0.3) is 0 Å². The summed E-state index contributed by atoms with van der Waals surface area (Å²) in [4.78, 5) is 36.2. The third-order valence-electron chi connectivity index (χ3n) is 9.58. The minimum absolute atomic E-state index is 0.0192. The van der Waals surface area contributed by atoms with Gasteiger partial charge in [0.05, 0.1) is 0 Å². The average Bonchev–Trinajstić information content (AvgIpc) is 3.08. The fraction of sp³-hybridized carbons (Fsp3) is 0.881. The van der Waals surface area contributed by atoms with Gasteiger partial charge in [0.15, 0.2) is 0 Å². The van der Waals surface area contributed by atoms with E-state index in [4.69, 9.17) is 10.5 Å². The Kier molecular flexibility index (Phi) is 35.9. The molecule has 1 amide bonds. The number of ether oxygens (including phenoxy) is 1. The average molecular weight is 693 g/mol. The van der Waals surface area contributed by atoms with Gasteiger partial charge in [-0.1, -0.05) is 142 Å². The molecule has 7 nitrogen and oxygen atoms in total. The van der Waals surface area contributed by atoms with Gasteiger partial charge in [-0.05, 0) is 83.6 Å². The molecule has 2 unspecified atom stereocenters. The van der Waals surface area contributed by atoms with Crippen molar-refractivity contribution in [1.29, 1.82) is 0 Å². The van der Waals surface area contributed by atoms with Crippen LogP contribution in [0.4, 0.5) is 0 Å². The Balaban J connectivity index is 4.09. The summed E-state index contributed by atoms with van der Waals surface area (Å²) in [6, 6.07) is -0.852. The Morgan fingerprint density at radius 1 is 0.571 bits per heavy atom. The predicted octanol–water partition coefficient (Wildman–Crippen LogP) is 11.5. The van der Waals surface area contributed by atoms with Crippen LogP contribution >= 0.6 is 0 Å². The Bertz CT molecular complexity index is 787. The second-order valence-corrected chi connectivity index (χ2v) is 14.4. The standard InChI is InChI=1S/C42H80N2O5/c1-3-5-7-9-11-12-13-14-15-16-17-18-19-20-21-26-30-36-41(46)49-38(32-27-23-10-8-6-4-2)33-28-24-22-25-29-35-40(45)44-39(42(47)48)34-31-37-43/h14-15,38-39H,3-13,16-37,43H2,1-2H3,(H,44,45)(H,47,48)/b15-14-. The zero-order valence-corrected chi connectivity index (χ0v) is 32.3. The van der Waals surface area contributed by atoms with Crippen LogP contribution < -0.4 is 11.1 Å². The van der Waals surface area contributed by atoms with Crippen molar-refractivity contribution in [3.8, 4) is 0 Å². The van der Waals surface area contributed by atoms with Crippen molar-refractivity contribution in [2.45, 2.75) is 231 Å². The van der Waals surface area contributed by atoms with Gasteiger partial charge in [-0.15, -0.1) is 0 Å². The highest BCUT2D eigenvalue weighted by Gasteiger charge is 2.19. The van der Waals surface area contributed by atoms with Gasteiger partial charge in [-0.25, -0.2) is 4.79 Å². The molecule has 0 bridgehead atoms. The van der Waals surface area contributed by atoms with Crippen LogP contribution in [0.5, 0.6) is 0 Å². The van der Waals surface area contributed by atoms with Crippen molar-refractivity contribution in [2.75, 3.05) is 6.54 Å². The van der Waals surface area contributed by atoms with E-state index in [0.29, 0.717) is 32.2 Å². The lowest BCUT2D eigenvalue weighted by Crippen LogP contribution is -2.40. The number of carboxylic acids is 1. The molecular weight excluding hydrogens is 612 g/mol. The van der Waals surface area contributed by atoms with Gasteiger partial charge in [0.25, 0.3) is 0 Å². The van der Waals surface area contributed by atoms with Crippen LogP contribution in [0.15, 0.2) is 12.2 Å². The molecule has 0 rings (SSSR count). The summed E-state index contributed by atoms with van der Waals surface area (Å²) in [6.07, 6.45) is 39.8. The number of rotatable bonds is 38. The molecule has 0 aliphatic rings. The quantitative estimate of drug-likeness (QED) is 0.0337. The first-order valence-electron chi connectivity index (χ1n) is 21.0. The van der Waals surface area contributed by atoms with E-state index < -0.39 is 12.0 Å². The molecule has 0 aromatic rings. The number of unbranched alkanes of at least 4 members (excludes halogenated alkanes) is 22. The van der Waals surface area contributed by atoms with E-state index in [1.165, 1.54) is 116 Å². The SMILES string of the molecule is CCCCCCCC/C=C\CCCCCCCCCC(=O)OC(CCCCCCCC)CCCCCCCC(=O)NC(CCCN)C(=O)O. The molecule has 0 aliphatic carbocycles. The van der Waals surface area contributed by atoms with Crippen molar-refractivity contribution < 1.29 is 24.2 Å². The first kappa shape index (κ1) is 47.1. The summed E-state index contributed by atoms with van der Waals surface area (Å²) < 4.78 is 6.00. The maximum absolute atomic E-state index is 12.7. The zero-order valence-electron chi connectivity index (χ0n) is 32.3. The molecule has 0 aliphatic heterocycles. The van der Waals surface area contributed by atoms with E-state index in [9.17, 15) is 19.5 Å². The van der Waals surface area contributed by atoms with E-state index in [2.05, 4.69) is 31.3 Å². The number of carboxylic acid groups (broad SMARTS) is 1. The second-order valence-electron chi connectivity index (χ2n) is 14.4. The summed E-state index contributed by atoms with van der Waals surface area (Å²) in [5.41, 5.74) is 5.47. The fourth-order valence-electron chi connectivity index (χ4n) is 6.39. The molecule has 0 spiro atoms. The Morgan fingerprint density at radius 3 is 1.47 bits per heavy atom. The van der Waals surface area contributed by atoms with E-state index in [0.717, 1.165) is 64.2 Å². The number of nitrogens with one attached hydrogen (secondary N) is 1. The van der Waals surface area contributed by atoms with Crippen molar-refractivity contribution in [1.82, 2.24) is 5.32 Å². The van der Waals surface area contributed by atoms with Crippen LogP contribution in [0.3, 0.4) is 0 Å². The van der Waals surface area contributed by atoms with Crippen LogP contribution in [-0.4, -0.2) is 41.6 Å². The van der Waals surface area contributed by atoms with Crippen LogP contribution in [0.2, 0.25) is 0 Å². The Morgan fingerprint density at radius 2 is 1.00 bits per heavy atom. The molecule has 0 saturated carbocycles. The molecule has 0 radical (unpaired) electrons. The highest BCUT2D eigenvalue weighted by Crippen LogP contribution is 2.19. The topological polar surface area (TPSA) is 119 Å². The number of carbonyl (C=O) groups is 3. The maximum atomic E-state index is 12.7. The first-order chi connectivity index (χ1) is 23.9. The van der Waals surface area contributed by atoms with Crippen LogP contribution in [0, 0.1) is 0 Å². The number of esters is 1. The molecule has 2 atom stereocenters. The lowest BCUT2D eigenvalue weighted by molar-refractivity contribution is -0.150. The summed E-state index contributed by atoms with van der Waals surface area (Å²) in [6.45, 7) is 4.92. The van der Waals surface area contributed by atoms with E-state index in [-0.39, 0.29) is 18.0 Å². The van der Waals surface area contributed by atoms with E-state index >= 15 is 0 Å². The minimum Gasteiger partial charge on any atom is -0.480 e. The number of carbonyl (C=O) groups excluding carboxylic acids is 2. The van der Waals surface area contributed by atoms with Gasteiger partial charge >= 0.3 is 11.9 Å². The number of aliphatic carboxylic acids is 1. The third-order valence-corrected chi connectivity index (χ3v) is 9.58. The second kappa shape index (κ2) is 37.4. The maximum Gasteiger partial charge on any atom is 0.326 e. The molecule has 0 aromatic heterocycles. The number of amides is 1. The molecule has 7 heteroatoms. The lowest BCUT2D eigenvalue weighted by Gasteiger charge is -2.18. The highest BCUT2D eigenvalue weighted by molar-refractivity contribution is 5.83. The monoisotopic (exact) mass is 693 g/mol. The largest absolute Gasteiger partial charge is 0.480 e. The Labute approximate surface area is 302 Å². The van der Waals surface area contributed by atoms with Gasteiger partial charge in [-0.3, -0.25) is 9.59 Å². The summed E-state index contributed by atoms with van der Waals surface area (Å²) in [7, 11) is 0. The van der Waals surface area contributed by atoms with Gasteiger partial charge in [0.1, 0.15) is 12.1 Å². The number of hydrogen-bond acceptors (Lipinski definition) is 5. The molecular formula is C42H80N2O5. The number of allylic oxidation sites excluding steroid dienone is 2. The van der Waals surface area contributed by atoms with Gasteiger partial charge < -0.3 is 20.9 Å². The first-order valence-corrected chi connectivity index (χ1v) is 21.0. The lowest BCUT2D eigenvalue weighted by atomic mass is 10.0. The summed E-state index contributed by atoms with van der Waals surface area (Å²) >= 11 is 0. The van der Waals surface area contributed by atoms with Crippen LogP contribution in [0.1, 0.15) is 219 Å². The van der Waals surface area contributed by atoms with Crippen molar-refractivity contribution in [3.05, 3.63) is 12.2 Å². The van der Waals surface area contributed by atoms with Crippen LogP contribution in [-0.2, 0) is 19.1 Å². The van der Waals surface area contributed by atoms with Crippen molar-refractivity contribution in [3.63, 3.8) is 0 Å². The predicted molar refractivity (Wildman–Crippen MR) is 207 cm³/mol. The molecule has 4 N–H and O–H groups in total. The van der Waals surface area contributed by atoms with Gasteiger partial charge in [0, 0.05) is 12.8 Å². The van der Waals surface area contributed by atoms with Gasteiger partial charge in [-0.2, -0.15) is 0 Å². The van der Waals surface area contributed by atoms with Crippen molar-refractivity contribution in [2.24, 2.45) is 5.73 Å². The molecule has 49 heavy (non-hydrogen) atoms. The molecule has 0 aromatic carbocycles. The normalized spacial score (nSPS) is 12.7. The minimum atomic E-state index is -1.00. The molecule has 0 saturated heterocycles. The molecule has 288 valence electrons. The summed E-state index contributed by atoms with van der Waals surface area (Å²) in [5, 5.41) is 11.9. The van der Waals surface area contributed by atoms with Gasteiger partial charge in [0.2, 0.25) is 5.91 Å². The molecule has 0 fully saturated rings. The molecule has 0 heterocycles. The fourth-order valence-corrected chi connectivity index (χ4v) is 6.39. The number of nitrogens with two attached hydrogens (primary N) is 1. The highest BCUT2D eigenvalue weighted by atomic mass is 16.5. The van der Waals surface area contributed by atoms with E-state index in [1.54, 1.807) is 0 Å². The smallest absolute Gasteiger partial charge is 0.326 e. The van der Waals surface area contributed by atoms with Crippen molar-refractivity contribution >= 4 is 17.8 Å².